The van der Waals surface area contributed by atoms with Crippen LogP contribution >= 0.6 is 23.2 Å². The van der Waals surface area contributed by atoms with Crippen LogP contribution in [0.25, 0.3) is 11.1 Å². The molecule has 144 valence electrons. The first kappa shape index (κ1) is 19.2. The monoisotopic (exact) mass is 404 g/mol. The van der Waals surface area contributed by atoms with Crippen LogP contribution < -0.4 is 5.32 Å². The first-order valence-corrected chi connectivity index (χ1v) is 10.5. The first-order chi connectivity index (χ1) is 13.1. The molecule has 2 fully saturated rings. The molecule has 2 aromatic carbocycles. The van der Waals surface area contributed by atoms with Gasteiger partial charge in [0.1, 0.15) is 0 Å². The van der Waals surface area contributed by atoms with Crippen molar-refractivity contribution < 1.29 is 5.11 Å². The normalized spacial score (nSPS) is 24.4. The number of nitrogens with zero attached hydrogens (tertiary/aromatic N) is 1. The van der Waals surface area contributed by atoms with Crippen LogP contribution in [0.5, 0.6) is 0 Å². The van der Waals surface area contributed by atoms with E-state index >= 15 is 0 Å². The number of aliphatic hydroxyl groups is 1. The molecule has 1 saturated carbocycles. The minimum Gasteiger partial charge on any atom is -0.393 e. The molecule has 0 spiro atoms. The second-order valence-electron chi connectivity index (χ2n) is 7.72. The lowest BCUT2D eigenvalue weighted by Gasteiger charge is -2.42. The molecule has 0 bridgehead atoms. The van der Waals surface area contributed by atoms with E-state index in [1.807, 2.05) is 18.2 Å². The summed E-state index contributed by atoms with van der Waals surface area (Å²) in [6, 6.07) is 14.5. The van der Waals surface area contributed by atoms with Gasteiger partial charge in [0.05, 0.1) is 16.1 Å². The van der Waals surface area contributed by atoms with Crippen molar-refractivity contribution in [2.24, 2.45) is 5.92 Å². The van der Waals surface area contributed by atoms with E-state index in [9.17, 15) is 5.11 Å². The average molecular weight is 405 g/mol. The van der Waals surface area contributed by atoms with Crippen molar-refractivity contribution in [2.45, 2.75) is 24.9 Å². The zero-order valence-electron chi connectivity index (χ0n) is 15.4. The molecule has 1 heterocycles. The molecule has 2 aromatic rings. The standard InChI is InChI=1S/C22H26Cl2N2O/c23-20-7-5-17(13-21(20)24)15-1-3-16(4-2-15)19(18-6-8-22(18)27)14-26-11-9-25-10-12-26/h1-5,7,13,18-19,22,25,27H,6,8-12,14H2. The smallest absolute Gasteiger partial charge is 0.0598 e. The van der Waals surface area contributed by atoms with Crippen molar-refractivity contribution >= 4 is 23.2 Å². The quantitative estimate of drug-likeness (QED) is 0.773. The minimum absolute atomic E-state index is 0.160. The third kappa shape index (κ3) is 4.33. The van der Waals surface area contributed by atoms with Crippen molar-refractivity contribution in [3.05, 3.63) is 58.1 Å². The second kappa shape index (κ2) is 8.50. The third-order valence-electron chi connectivity index (χ3n) is 6.06. The Hall–Kier alpha value is -1.10. The van der Waals surface area contributed by atoms with Crippen molar-refractivity contribution in [1.82, 2.24) is 10.2 Å². The molecule has 0 radical (unpaired) electrons. The summed E-state index contributed by atoms with van der Waals surface area (Å²) in [4.78, 5) is 2.53. The summed E-state index contributed by atoms with van der Waals surface area (Å²) in [5.74, 6) is 0.755. The van der Waals surface area contributed by atoms with Gasteiger partial charge in [-0.15, -0.1) is 0 Å². The number of aliphatic hydroxyl groups excluding tert-OH is 1. The van der Waals surface area contributed by atoms with Crippen LogP contribution in [0.2, 0.25) is 10.0 Å². The third-order valence-corrected chi connectivity index (χ3v) is 6.80. The topological polar surface area (TPSA) is 35.5 Å². The SMILES string of the molecule is OC1CCC1C(CN1CCNCC1)c1ccc(-c2ccc(Cl)c(Cl)c2)cc1. The van der Waals surface area contributed by atoms with Gasteiger partial charge < -0.3 is 15.3 Å². The van der Waals surface area contributed by atoms with E-state index in [4.69, 9.17) is 23.2 Å². The van der Waals surface area contributed by atoms with Gasteiger partial charge in [-0.25, -0.2) is 0 Å². The largest absolute Gasteiger partial charge is 0.393 e. The summed E-state index contributed by atoms with van der Waals surface area (Å²) in [5, 5.41) is 14.9. The molecule has 1 aliphatic heterocycles. The van der Waals surface area contributed by atoms with Gasteiger partial charge in [-0.2, -0.15) is 0 Å². The number of hydrogen-bond acceptors (Lipinski definition) is 3. The number of piperazine rings is 1. The Balaban J connectivity index is 1.55. The maximum atomic E-state index is 10.3. The van der Waals surface area contributed by atoms with E-state index in [0.29, 0.717) is 21.9 Å². The maximum Gasteiger partial charge on any atom is 0.0598 e. The fraction of sp³-hybridized carbons (Fsp3) is 0.455. The molecular weight excluding hydrogens is 379 g/mol. The van der Waals surface area contributed by atoms with Crippen LogP contribution in [0.4, 0.5) is 0 Å². The zero-order valence-corrected chi connectivity index (χ0v) is 16.9. The van der Waals surface area contributed by atoms with E-state index in [0.717, 1.165) is 56.7 Å². The summed E-state index contributed by atoms with van der Waals surface area (Å²) in [7, 11) is 0. The number of hydrogen-bond donors (Lipinski definition) is 2. The molecule has 2 N–H and O–H groups in total. The highest BCUT2D eigenvalue weighted by Gasteiger charge is 2.37. The highest BCUT2D eigenvalue weighted by molar-refractivity contribution is 6.42. The molecule has 3 nitrogen and oxygen atoms in total. The Morgan fingerprint density at radius 3 is 2.26 bits per heavy atom. The predicted molar refractivity (Wildman–Crippen MR) is 113 cm³/mol. The molecule has 2 aliphatic rings. The van der Waals surface area contributed by atoms with Crippen LogP contribution in [0, 0.1) is 5.92 Å². The van der Waals surface area contributed by atoms with Crippen molar-refractivity contribution in [1.29, 1.82) is 0 Å². The fourth-order valence-electron chi connectivity index (χ4n) is 4.24. The van der Waals surface area contributed by atoms with E-state index < -0.39 is 0 Å². The van der Waals surface area contributed by atoms with Gasteiger partial charge in [-0.1, -0.05) is 53.5 Å². The molecule has 1 saturated heterocycles. The molecule has 5 heteroatoms. The molecule has 0 amide bonds. The van der Waals surface area contributed by atoms with Crippen molar-refractivity contribution in [2.75, 3.05) is 32.7 Å². The van der Waals surface area contributed by atoms with Gasteiger partial charge in [-0.05, 0) is 47.6 Å². The van der Waals surface area contributed by atoms with Crippen LogP contribution in [-0.2, 0) is 0 Å². The average Bonchev–Trinajstić information content (AvgIpc) is 2.69. The Kier molecular flexibility index (Phi) is 6.05. The van der Waals surface area contributed by atoms with Gasteiger partial charge in [0, 0.05) is 38.6 Å². The lowest BCUT2D eigenvalue weighted by atomic mass is 9.70. The first-order valence-electron chi connectivity index (χ1n) is 9.78. The summed E-state index contributed by atoms with van der Waals surface area (Å²) in [5.41, 5.74) is 3.52. The second-order valence-corrected chi connectivity index (χ2v) is 8.53. The Labute approximate surface area is 171 Å². The van der Waals surface area contributed by atoms with Crippen molar-refractivity contribution in [3.63, 3.8) is 0 Å². The molecule has 3 unspecified atom stereocenters. The fourth-order valence-corrected chi connectivity index (χ4v) is 4.53. The number of rotatable bonds is 5. The Morgan fingerprint density at radius 1 is 0.963 bits per heavy atom. The van der Waals surface area contributed by atoms with E-state index in [2.05, 4.69) is 34.5 Å². The minimum atomic E-state index is -0.160. The number of nitrogens with one attached hydrogen (secondary N) is 1. The van der Waals surface area contributed by atoms with E-state index in [1.165, 1.54) is 5.56 Å². The van der Waals surface area contributed by atoms with Crippen LogP contribution in [0.15, 0.2) is 42.5 Å². The molecule has 1 aliphatic carbocycles. The molecular formula is C22H26Cl2N2O. The van der Waals surface area contributed by atoms with Gasteiger partial charge >= 0.3 is 0 Å². The van der Waals surface area contributed by atoms with Gasteiger partial charge in [0.2, 0.25) is 0 Å². The van der Waals surface area contributed by atoms with Crippen molar-refractivity contribution in [3.8, 4) is 11.1 Å². The molecule has 4 rings (SSSR count). The summed E-state index contributed by atoms with van der Waals surface area (Å²) >= 11 is 12.2. The van der Waals surface area contributed by atoms with Crippen LogP contribution in [0.3, 0.4) is 0 Å². The Morgan fingerprint density at radius 2 is 1.67 bits per heavy atom. The lowest BCUT2D eigenvalue weighted by molar-refractivity contribution is 0.000671. The highest BCUT2D eigenvalue weighted by Crippen LogP contribution is 2.40. The van der Waals surface area contributed by atoms with Gasteiger partial charge in [0.25, 0.3) is 0 Å². The molecule has 27 heavy (non-hydrogen) atoms. The van der Waals surface area contributed by atoms with Gasteiger partial charge in [-0.3, -0.25) is 0 Å². The highest BCUT2D eigenvalue weighted by atomic mass is 35.5. The summed E-state index contributed by atoms with van der Waals surface area (Å²) < 4.78 is 0. The number of benzene rings is 2. The molecule has 3 atom stereocenters. The molecule has 0 aromatic heterocycles. The van der Waals surface area contributed by atoms with Crippen LogP contribution in [0.1, 0.15) is 24.3 Å². The zero-order chi connectivity index (χ0) is 18.8. The maximum absolute atomic E-state index is 10.3. The van der Waals surface area contributed by atoms with Gasteiger partial charge in [0.15, 0.2) is 0 Å². The Bertz CT molecular complexity index is 774. The number of halogens is 2. The lowest BCUT2D eigenvalue weighted by Crippen LogP contribution is -2.47. The summed E-state index contributed by atoms with van der Waals surface area (Å²) in [6.07, 6.45) is 1.89. The van der Waals surface area contributed by atoms with Crippen LogP contribution in [-0.4, -0.2) is 48.8 Å². The van der Waals surface area contributed by atoms with E-state index in [-0.39, 0.29) is 6.10 Å². The van der Waals surface area contributed by atoms with E-state index in [1.54, 1.807) is 0 Å². The summed E-state index contributed by atoms with van der Waals surface area (Å²) in [6.45, 7) is 5.29. The predicted octanol–water partition coefficient (Wildman–Crippen LogP) is 4.42.